The minimum absolute atomic E-state index is 0.114. The molecule has 0 spiro atoms. The molecule has 1 aliphatic rings. The molecule has 6 heteroatoms. The van der Waals surface area contributed by atoms with Gasteiger partial charge in [-0.2, -0.15) is 13.2 Å². The van der Waals surface area contributed by atoms with Gasteiger partial charge >= 0.3 is 6.18 Å². The fourth-order valence-corrected chi connectivity index (χ4v) is 2.37. The van der Waals surface area contributed by atoms with Crippen molar-refractivity contribution in [2.45, 2.75) is 25.2 Å². The summed E-state index contributed by atoms with van der Waals surface area (Å²) in [6.45, 7) is 1.69. The Bertz CT molecular complexity index is 448. The minimum atomic E-state index is -4.37. The van der Waals surface area contributed by atoms with Crippen LogP contribution in [0, 0.1) is 0 Å². The Hall–Kier alpha value is -1.27. The lowest BCUT2D eigenvalue weighted by Crippen LogP contribution is -2.24. The van der Waals surface area contributed by atoms with E-state index in [4.69, 9.17) is 10.5 Å². The van der Waals surface area contributed by atoms with E-state index in [2.05, 4.69) is 0 Å². The van der Waals surface area contributed by atoms with E-state index in [1.807, 2.05) is 4.90 Å². The highest BCUT2D eigenvalue weighted by atomic mass is 19.4. The first-order chi connectivity index (χ1) is 8.90. The van der Waals surface area contributed by atoms with Crippen LogP contribution in [0.1, 0.15) is 17.5 Å². The number of benzene rings is 1. The molecule has 0 aliphatic carbocycles. The number of likely N-dealkylation sites (tertiary alicyclic amines) is 1. The Kier molecular flexibility index (Phi) is 4.01. The summed E-state index contributed by atoms with van der Waals surface area (Å²) in [5, 5.41) is 0. The number of anilines is 1. The van der Waals surface area contributed by atoms with Gasteiger partial charge < -0.3 is 10.5 Å². The third-order valence-corrected chi connectivity index (χ3v) is 3.40. The summed E-state index contributed by atoms with van der Waals surface area (Å²) in [7, 11) is 1.62. The molecule has 0 bridgehead atoms. The van der Waals surface area contributed by atoms with Crippen LogP contribution in [0.15, 0.2) is 18.2 Å². The largest absolute Gasteiger partial charge is 0.416 e. The minimum Gasteiger partial charge on any atom is -0.399 e. The van der Waals surface area contributed by atoms with Gasteiger partial charge in [0.15, 0.2) is 0 Å². The summed E-state index contributed by atoms with van der Waals surface area (Å²) in [6.07, 6.45) is -3.40. The predicted octanol–water partition coefficient (Wildman–Crippen LogP) is 2.51. The van der Waals surface area contributed by atoms with E-state index in [0.29, 0.717) is 6.54 Å². The number of methoxy groups -OCH3 is 1. The van der Waals surface area contributed by atoms with Crippen LogP contribution in [-0.4, -0.2) is 31.2 Å². The van der Waals surface area contributed by atoms with Gasteiger partial charge in [0.25, 0.3) is 0 Å². The van der Waals surface area contributed by atoms with E-state index >= 15 is 0 Å². The number of rotatable bonds is 3. The molecular weight excluding hydrogens is 257 g/mol. The van der Waals surface area contributed by atoms with E-state index in [9.17, 15) is 13.2 Å². The van der Waals surface area contributed by atoms with Crippen molar-refractivity contribution in [3.05, 3.63) is 29.3 Å². The third-order valence-electron chi connectivity index (χ3n) is 3.40. The zero-order valence-electron chi connectivity index (χ0n) is 10.7. The number of nitrogens with zero attached hydrogens (tertiary/aromatic N) is 1. The molecule has 1 saturated heterocycles. The van der Waals surface area contributed by atoms with Gasteiger partial charge in [0, 0.05) is 32.4 Å². The number of ether oxygens (including phenoxy) is 1. The SMILES string of the molecule is COC1CCN(Cc2ccc(N)cc2C(F)(F)F)C1. The highest BCUT2D eigenvalue weighted by Crippen LogP contribution is 2.34. The van der Waals surface area contributed by atoms with Crippen LogP contribution in [0.5, 0.6) is 0 Å². The van der Waals surface area contributed by atoms with E-state index in [0.717, 1.165) is 19.0 Å². The fourth-order valence-electron chi connectivity index (χ4n) is 2.37. The molecule has 1 heterocycles. The summed E-state index contributed by atoms with van der Waals surface area (Å²) in [6, 6.07) is 3.96. The molecule has 19 heavy (non-hydrogen) atoms. The first-order valence-electron chi connectivity index (χ1n) is 6.11. The van der Waals surface area contributed by atoms with Gasteiger partial charge in [-0.3, -0.25) is 4.90 Å². The molecule has 0 amide bonds. The summed E-state index contributed by atoms with van der Waals surface area (Å²) in [5.74, 6) is 0. The summed E-state index contributed by atoms with van der Waals surface area (Å²) in [5.41, 5.74) is 5.19. The highest BCUT2D eigenvalue weighted by Gasteiger charge is 2.34. The van der Waals surface area contributed by atoms with Crippen LogP contribution in [0.2, 0.25) is 0 Å². The average Bonchev–Trinajstić information content (AvgIpc) is 2.78. The molecule has 1 unspecified atom stereocenters. The van der Waals surface area contributed by atoms with Crippen molar-refractivity contribution < 1.29 is 17.9 Å². The van der Waals surface area contributed by atoms with Crippen LogP contribution in [0.25, 0.3) is 0 Å². The number of nitrogens with two attached hydrogens (primary N) is 1. The van der Waals surface area contributed by atoms with Gasteiger partial charge in [0.2, 0.25) is 0 Å². The van der Waals surface area contributed by atoms with Gasteiger partial charge in [-0.25, -0.2) is 0 Å². The normalized spacial score (nSPS) is 20.9. The molecule has 1 aromatic rings. The summed E-state index contributed by atoms with van der Waals surface area (Å²) < 4.78 is 44.1. The maximum Gasteiger partial charge on any atom is 0.416 e. The first-order valence-corrected chi connectivity index (χ1v) is 6.11. The van der Waals surface area contributed by atoms with E-state index in [1.54, 1.807) is 7.11 Å². The molecule has 2 rings (SSSR count). The van der Waals surface area contributed by atoms with Gasteiger partial charge in [-0.1, -0.05) is 6.07 Å². The zero-order valence-corrected chi connectivity index (χ0v) is 10.7. The average molecular weight is 274 g/mol. The van der Waals surface area contributed by atoms with Crippen molar-refractivity contribution in [2.75, 3.05) is 25.9 Å². The molecule has 0 radical (unpaired) electrons. The van der Waals surface area contributed by atoms with Gasteiger partial charge in [0.05, 0.1) is 11.7 Å². The smallest absolute Gasteiger partial charge is 0.399 e. The molecule has 106 valence electrons. The molecule has 1 atom stereocenters. The van der Waals surface area contributed by atoms with E-state index in [1.165, 1.54) is 12.1 Å². The molecule has 0 saturated carbocycles. The van der Waals surface area contributed by atoms with Crippen LogP contribution in [-0.2, 0) is 17.5 Å². The van der Waals surface area contributed by atoms with Crippen LogP contribution in [0.3, 0.4) is 0 Å². The van der Waals surface area contributed by atoms with Crippen LogP contribution in [0.4, 0.5) is 18.9 Å². The highest BCUT2D eigenvalue weighted by molar-refractivity contribution is 5.46. The first kappa shape index (κ1) is 14.1. The van der Waals surface area contributed by atoms with Crippen LogP contribution >= 0.6 is 0 Å². The lowest BCUT2D eigenvalue weighted by atomic mass is 10.1. The van der Waals surface area contributed by atoms with E-state index < -0.39 is 11.7 Å². The lowest BCUT2D eigenvalue weighted by molar-refractivity contribution is -0.138. The molecule has 1 fully saturated rings. The molecule has 0 aromatic heterocycles. The molecule has 3 nitrogen and oxygen atoms in total. The monoisotopic (exact) mass is 274 g/mol. The third kappa shape index (κ3) is 3.39. The van der Waals surface area contributed by atoms with Crippen molar-refractivity contribution >= 4 is 5.69 Å². The lowest BCUT2D eigenvalue weighted by Gasteiger charge is -2.19. The predicted molar refractivity (Wildman–Crippen MR) is 66.5 cm³/mol. The van der Waals surface area contributed by atoms with Gasteiger partial charge in [-0.15, -0.1) is 0 Å². The van der Waals surface area contributed by atoms with Gasteiger partial charge in [-0.05, 0) is 24.1 Å². The second kappa shape index (κ2) is 5.38. The van der Waals surface area contributed by atoms with E-state index in [-0.39, 0.29) is 23.9 Å². The van der Waals surface area contributed by atoms with Crippen molar-refractivity contribution in [3.8, 4) is 0 Å². The number of hydrogen-bond acceptors (Lipinski definition) is 3. The van der Waals surface area contributed by atoms with Crippen molar-refractivity contribution in [2.24, 2.45) is 0 Å². The van der Waals surface area contributed by atoms with Crippen molar-refractivity contribution in [1.29, 1.82) is 0 Å². The van der Waals surface area contributed by atoms with Gasteiger partial charge in [0.1, 0.15) is 0 Å². The number of halogens is 3. The molecule has 1 aromatic carbocycles. The fraction of sp³-hybridized carbons (Fsp3) is 0.538. The standard InChI is InChI=1S/C13H17F3N2O/c1-19-11-4-5-18(8-11)7-9-2-3-10(17)6-12(9)13(14,15)16/h2-3,6,11H,4-5,7-8,17H2,1H3. The summed E-state index contributed by atoms with van der Waals surface area (Å²) in [4.78, 5) is 1.97. The Balaban J connectivity index is 2.16. The maximum absolute atomic E-state index is 12.9. The molecule has 2 N–H and O–H groups in total. The Morgan fingerprint density at radius 1 is 1.42 bits per heavy atom. The van der Waals surface area contributed by atoms with Crippen LogP contribution < -0.4 is 5.73 Å². The summed E-state index contributed by atoms with van der Waals surface area (Å²) >= 11 is 0. The second-order valence-electron chi connectivity index (χ2n) is 4.80. The Morgan fingerprint density at radius 2 is 2.16 bits per heavy atom. The number of hydrogen-bond donors (Lipinski definition) is 1. The molecule has 1 aliphatic heterocycles. The second-order valence-corrected chi connectivity index (χ2v) is 4.80. The quantitative estimate of drug-likeness (QED) is 0.861. The Labute approximate surface area is 110 Å². The maximum atomic E-state index is 12.9. The Morgan fingerprint density at radius 3 is 2.74 bits per heavy atom. The van der Waals surface area contributed by atoms with Crippen molar-refractivity contribution in [1.82, 2.24) is 4.90 Å². The number of nitrogen functional groups attached to an aromatic ring is 1. The number of alkyl halides is 3. The topological polar surface area (TPSA) is 38.5 Å². The zero-order chi connectivity index (χ0) is 14.0. The molecular formula is C13H17F3N2O. The van der Waals surface area contributed by atoms with Crippen molar-refractivity contribution in [3.63, 3.8) is 0 Å².